The molecule has 0 aromatic carbocycles. The molecule has 0 atom stereocenters. The molecule has 23 heavy (non-hydrogen) atoms. The van der Waals surface area contributed by atoms with Crippen molar-refractivity contribution in [2.75, 3.05) is 19.7 Å². The van der Waals surface area contributed by atoms with E-state index in [0.29, 0.717) is 19.8 Å². The molecule has 0 fully saturated rings. The van der Waals surface area contributed by atoms with Crippen LogP contribution >= 0.6 is 27.3 Å². The van der Waals surface area contributed by atoms with E-state index in [1.165, 1.54) is 4.88 Å². The lowest BCUT2D eigenvalue weighted by Crippen LogP contribution is -2.38. The van der Waals surface area contributed by atoms with E-state index >= 15 is 0 Å². The summed E-state index contributed by atoms with van der Waals surface area (Å²) < 4.78 is 11.9. The van der Waals surface area contributed by atoms with Gasteiger partial charge in [-0.05, 0) is 47.5 Å². The van der Waals surface area contributed by atoms with Crippen molar-refractivity contribution < 1.29 is 9.15 Å². The van der Waals surface area contributed by atoms with E-state index in [1.807, 2.05) is 12.1 Å². The number of nitrogens with one attached hydrogen (secondary N) is 2. The van der Waals surface area contributed by atoms with Crippen LogP contribution in [0.1, 0.15) is 24.0 Å². The van der Waals surface area contributed by atoms with Gasteiger partial charge in [-0.25, -0.2) is 4.99 Å². The highest BCUT2D eigenvalue weighted by Crippen LogP contribution is 2.20. The van der Waals surface area contributed by atoms with Crippen LogP contribution in [0.5, 0.6) is 0 Å². The highest BCUT2D eigenvalue weighted by molar-refractivity contribution is 9.10. The monoisotopic (exact) mass is 399 g/mol. The lowest BCUT2D eigenvalue weighted by Gasteiger charge is -2.11. The van der Waals surface area contributed by atoms with Gasteiger partial charge in [0.25, 0.3) is 0 Å². The summed E-state index contributed by atoms with van der Waals surface area (Å²) in [5.74, 6) is 1.69. The average Bonchev–Trinajstić information content (AvgIpc) is 3.19. The molecule has 2 aromatic rings. The van der Waals surface area contributed by atoms with Crippen molar-refractivity contribution in [1.29, 1.82) is 0 Å². The van der Waals surface area contributed by atoms with Gasteiger partial charge in [0, 0.05) is 34.4 Å². The Labute approximate surface area is 149 Å². The van der Waals surface area contributed by atoms with Gasteiger partial charge in [0.1, 0.15) is 12.4 Å². The molecule has 0 unspecified atom stereocenters. The maximum Gasteiger partial charge on any atom is 0.191 e. The molecule has 0 amide bonds. The molecule has 5 nitrogen and oxygen atoms in total. The van der Waals surface area contributed by atoms with Crippen LogP contribution in [0.2, 0.25) is 0 Å². The number of hydrogen-bond acceptors (Lipinski definition) is 4. The lowest BCUT2D eigenvalue weighted by atomic mass is 10.4. The molecule has 2 aromatic heterocycles. The number of rotatable bonds is 9. The zero-order valence-corrected chi connectivity index (χ0v) is 15.6. The highest BCUT2D eigenvalue weighted by atomic mass is 79.9. The van der Waals surface area contributed by atoms with Gasteiger partial charge in [0.15, 0.2) is 5.96 Å². The number of hydrogen-bond donors (Lipinski definition) is 2. The molecule has 0 radical (unpaired) electrons. The van der Waals surface area contributed by atoms with Crippen molar-refractivity contribution in [3.8, 4) is 0 Å². The number of thiophene rings is 1. The summed E-state index contributed by atoms with van der Waals surface area (Å²) in [5.41, 5.74) is 0. The summed E-state index contributed by atoms with van der Waals surface area (Å²) in [4.78, 5) is 5.82. The van der Waals surface area contributed by atoms with Crippen molar-refractivity contribution in [2.24, 2.45) is 4.99 Å². The fourth-order valence-corrected chi connectivity index (χ4v) is 3.26. The Morgan fingerprint density at radius 3 is 3.04 bits per heavy atom. The summed E-state index contributed by atoms with van der Waals surface area (Å²) in [7, 11) is 0. The smallest absolute Gasteiger partial charge is 0.191 e. The number of furan rings is 1. The average molecular weight is 400 g/mol. The molecule has 2 rings (SSSR count). The van der Waals surface area contributed by atoms with Crippen LogP contribution in [0.15, 0.2) is 43.7 Å². The van der Waals surface area contributed by atoms with Crippen LogP contribution in [0.4, 0.5) is 0 Å². The lowest BCUT2D eigenvalue weighted by molar-refractivity contribution is 0.105. The first kappa shape index (κ1) is 18.0. The molecule has 0 bridgehead atoms. The minimum Gasteiger partial charge on any atom is -0.467 e. The maximum atomic E-state index is 5.55. The number of ether oxygens (including phenoxy) is 1. The van der Waals surface area contributed by atoms with Crippen molar-refractivity contribution in [3.05, 3.63) is 45.0 Å². The summed E-state index contributed by atoms with van der Waals surface area (Å²) in [5, 5.41) is 8.64. The zero-order chi connectivity index (χ0) is 16.3. The topological polar surface area (TPSA) is 58.8 Å². The van der Waals surface area contributed by atoms with E-state index in [9.17, 15) is 0 Å². The molecule has 0 aliphatic rings. The maximum absolute atomic E-state index is 5.55. The largest absolute Gasteiger partial charge is 0.467 e. The van der Waals surface area contributed by atoms with Gasteiger partial charge in [0.05, 0.1) is 12.8 Å². The van der Waals surface area contributed by atoms with Crippen LogP contribution < -0.4 is 10.6 Å². The second-order valence-corrected chi connectivity index (χ2v) is 6.75. The van der Waals surface area contributed by atoms with E-state index in [1.54, 1.807) is 17.6 Å². The van der Waals surface area contributed by atoms with Crippen LogP contribution in [0.25, 0.3) is 0 Å². The first-order chi connectivity index (χ1) is 11.3. The normalized spacial score (nSPS) is 11.7. The fraction of sp³-hybridized carbons (Fsp3) is 0.438. The highest BCUT2D eigenvalue weighted by Gasteiger charge is 2.00. The third-order valence-electron chi connectivity index (χ3n) is 2.94. The number of halogens is 1. The Bertz CT molecular complexity index is 584. The van der Waals surface area contributed by atoms with Gasteiger partial charge in [-0.1, -0.05) is 0 Å². The Balaban J connectivity index is 1.63. The van der Waals surface area contributed by atoms with E-state index in [2.05, 4.69) is 49.9 Å². The van der Waals surface area contributed by atoms with Crippen LogP contribution in [0, 0.1) is 0 Å². The fourth-order valence-electron chi connectivity index (χ4n) is 1.88. The van der Waals surface area contributed by atoms with Gasteiger partial charge in [0.2, 0.25) is 0 Å². The molecule has 2 heterocycles. The third-order valence-corrected chi connectivity index (χ3v) is 4.62. The van der Waals surface area contributed by atoms with Gasteiger partial charge in [-0.3, -0.25) is 0 Å². The summed E-state index contributed by atoms with van der Waals surface area (Å²) >= 11 is 5.17. The van der Waals surface area contributed by atoms with E-state index < -0.39 is 0 Å². The Hall–Kier alpha value is -1.31. The minimum atomic E-state index is 0.522. The Kier molecular flexibility index (Phi) is 8.20. The van der Waals surface area contributed by atoms with Crippen molar-refractivity contribution in [2.45, 2.75) is 26.5 Å². The molecule has 126 valence electrons. The first-order valence-corrected chi connectivity index (χ1v) is 9.30. The SMILES string of the molecule is CCNC(=NCc1cc(Br)cs1)NCCCOCc1ccco1. The second kappa shape index (κ2) is 10.5. The first-order valence-electron chi connectivity index (χ1n) is 7.63. The molecule has 0 saturated heterocycles. The van der Waals surface area contributed by atoms with E-state index in [4.69, 9.17) is 9.15 Å². The molecule has 2 N–H and O–H groups in total. The molecule has 0 aliphatic carbocycles. The quantitative estimate of drug-likeness (QED) is 0.382. The molecule has 0 saturated carbocycles. The molecule has 0 spiro atoms. The molecule has 0 aliphatic heterocycles. The number of aliphatic imine (C=N–C) groups is 1. The summed E-state index contributed by atoms with van der Waals surface area (Å²) in [6.07, 6.45) is 2.57. The third kappa shape index (κ3) is 7.20. The predicted octanol–water partition coefficient (Wildman–Crippen LogP) is 3.77. The second-order valence-electron chi connectivity index (χ2n) is 4.84. The standard InChI is InChI=1S/C16H22BrN3O2S/c1-2-18-16(20-10-15-9-13(17)12-23-15)19-6-4-7-21-11-14-5-3-8-22-14/h3,5,8-9,12H,2,4,6-7,10-11H2,1H3,(H2,18,19,20). The Morgan fingerprint density at radius 2 is 2.35 bits per heavy atom. The van der Waals surface area contributed by atoms with Crippen molar-refractivity contribution in [3.63, 3.8) is 0 Å². The molecular formula is C16H22BrN3O2S. The van der Waals surface area contributed by atoms with Crippen LogP contribution in [-0.4, -0.2) is 25.7 Å². The molecular weight excluding hydrogens is 378 g/mol. The van der Waals surface area contributed by atoms with Gasteiger partial charge < -0.3 is 19.8 Å². The van der Waals surface area contributed by atoms with Crippen LogP contribution in [-0.2, 0) is 17.9 Å². The number of guanidine groups is 1. The van der Waals surface area contributed by atoms with Gasteiger partial charge in [-0.15, -0.1) is 11.3 Å². The van der Waals surface area contributed by atoms with Crippen LogP contribution in [0.3, 0.4) is 0 Å². The van der Waals surface area contributed by atoms with Gasteiger partial charge >= 0.3 is 0 Å². The van der Waals surface area contributed by atoms with Crippen molar-refractivity contribution in [1.82, 2.24) is 10.6 Å². The van der Waals surface area contributed by atoms with E-state index in [0.717, 1.165) is 35.7 Å². The van der Waals surface area contributed by atoms with E-state index in [-0.39, 0.29) is 0 Å². The van der Waals surface area contributed by atoms with Crippen molar-refractivity contribution >= 4 is 33.2 Å². The minimum absolute atomic E-state index is 0.522. The summed E-state index contributed by atoms with van der Waals surface area (Å²) in [6, 6.07) is 5.88. The summed E-state index contributed by atoms with van der Waals surface area (Å²) in [6.45, 7) is 5.61. The molecule has 7 heteroatoms. The number of nitrogens with zero attached hydrogens (tertiary/aromatic N) is 1. The predicted molar refractivity (Wildman–Crippen MR) is 97.8 cm³/mol. The zero-order valence-electron chi connectivity index (χ0n) is 13.2. The Morgan fingerprint density at radius 1 is 1.43 bits per heavy atom. The van der Waals surface area contributed by atoms with Gasteiger partial charge in [-0.2, -0.15) is 0 Å².